The summed E-state index contributed by atoms with van der Waals surface area (Å²) in [7, 11) is -3.98. The van der Waals surface area contributed by atoms with E-state index in [1.165, 1.54) is 0 Å². The molecule has 3 nitrogen and oxygen atoms in total. The number of aryl methyl sites for hydroxylation is 1. The Morgan fingerprint density at radius 3 is 2.36 bits per heavy atom. The van der Waals surface area contributed by atoms with Gasteiger partial charge in [0.2, 0.25) is 0 Å². The number of hydrogen-bond donors (Lipinski definition) is 1. The van der Waals surface area contributed by atoms with Crippen LogP contribution in [0.1, 0.15) is 12.0 Å². The van der Waals surface area contributed by atoms with Crippen LogP contribution in [-0.4, -0.2) is 18.2 Å². The van der Waals surface area contributed by atoms with Crippen molar-refractivity contribution in [3.8, 4) is 0 Å². The van der Waals surface area contributed by atoms with Crippen molar-refractivity contribution in [3.05, 3.63) is 42.8 Å². The SMILES string of the molecule is [CH2]C(CCc1ccccc1)S(=O)(=O)O. The van der Waals surface area contributed by atoms with Gasteiger partial charge in [-0.1, -0.05) is 30.3 Å². The lowest BCUT2D eigenvalue weighted by Gasteiger charge is -2.06. The van der Waals surface area contributed by atoms with E-state index in [1.54, 1.807) is 0 Å². The molecule has 1 aromatic rings. The van der Waals surface area contributed by atoms with E-state index < -0.39 is 15.4 Å². The lowest BCUT2D eigenvalue weighted by Crippen LogP contribution is -2.17. The lowest BCUT2D eigenvalue weighted by molar-refractivity contribution is 0.471. The summed E-state index contributed by atoms with van der Waals surface area (Å²) < 4.78 is 30.0. The van der Waals surface area contributed by atoms with Crippen LogP contribution in [-0.2, 0) is 16.5 Å². The fourth-order valence-electron chi connectivity index (χ4n) is 1.12. The summed E-state index contributed by atoms with van der Waals surface area (Å²) in [6.07, 6.45) is 0.942. The van der Waals surface area contributed by atoms with Crippen LogP contribution >= 0.6 is 0 Å². The van der Waals surface area contributed by atoms with E-state index in [4.69, 9.17) is 4.55 Å². The zero-order chi connectivity index (χ0) is 10.6. The molecule has 0 aliphatic rings. The molecule has 1 unspecified atom stereocenters. The second-order valence-electron chi connectivity index (χ2n) is 3.16. The molecule has 0 amide bonds. The second-order valence-corrected chi connectivity index (χ2v) is 4.86. The van der Waals surface area contributed by atoms with Gasteiger partial charge in [-0.05, 0) is 25.3 Å². The fraction of sp³-hybridized carbons (Fsp3) is 0.300. The Kier molecular flexibility index (Phi) is 3.66. The normalized spacial score (nSPS) is 13.9. The van der Waals surface area contributed by atoms with Gasteiger partial charge in [0.25, 0.3) is 10.1 Å². The van der Waals surface area contributed by atoms with Gasteiger partial charge in [-0.15, -0.1) is 0 Å². The first kappa shape index (κ1) is 11.2. The highest BCUT2D eigenvalue weighted by Gasteiger charge is 2.16. The van der Waals surface area contributed by atoms with Crippen molar-refractivity contribution in [2.24, 2.45) is 0 Å². The van der Waals surface area contributed by atoms with Gasteiger partial charge in [0, 0.05) is 0 Å². The fourth-order valence-corrected chi connectivity index (χ4v) is 1.54. The Labute approximate surface area is 84.5 Å². The van der Waals surface area contributed by atoms with Gasteiger partial charge in [0.15, 0.2) is 0 Å². The summed E-state index contributed by atoms with van der Waals surface area (Å²) in [6, 6.07) is 9.50. The molecule has 0 saturated carbocycles. The van der Waals surface area contributed by atoms with E-state index in [-0.39, 0.29) is 0 Å². The van der Waals surface area contributed by atoms with Crippen LogP contribution in [0, 0.1) is 6.92 Å². The second kappa shape index (κ2) is 4.57. The third kappa shape index (κ3) is 3.47. The molecule has 14 heavy (non-hydrogen) atoms. The summed E-state index contributed by atoms with van der Waals surface area (Å²) in [5, 5.41) is -0.942. The van der Waals surface area contributed by atoms with Gasteiger partial charge in [0.1, 0.15) is 0 Å². The van der Waals surface area contributed by atoms with Crippen LogP contribution in [0.15, 0.2) is 30.3 Å². The van der Waals surface area contributed by atoms with Crippen molar-refractivity contribution in [3.63, 3.8) is 0 Å². The van der Waals surface area contributed by atoms with Crippen molar-refractivity contribution in [1.82, 2.24) is 0 Å². The highest BCUT2D eigenvalue weighted by atomic mass is 32.2. The van der Waals surface area contributed by atoms with Crippen molar-refractivity contribution in [1.29, 1.82) is 0 Å². The first-order chi connectivity index (χ1) is 6.50. The maximum absolute atomic E-state index is 10.6. The first-order valence-corrected chi connectivity index (χ1v) is 5.84. The molecule has 1 radical (unpaired) electrons. The molecule has 0 aromatic heterocycles. The molecule has 1 N–H and O–H groups in total. The molecular weight excluding hydrogens is 200 g/mol. The molecule has 1 rings (SSSR count). The molecule has 0 spiro atoms. The van der Waals surface area contributed by atoms with Gasteiger partial charge >= 0.3 is 0 Å². The van der Waals surface area contributed by atoms with E-state index in [2.05, 4.69) is 6.92 Å². The highest BCUT2D eigenvalue weighted by molar-refractivity contribution is 7.86. The predicted molar refractivity (Wildman–Crippen MR) is 55.5 cm³/mol. The van der Waals surface area contributed by atoms with Crippen LogP contribution in [0.4, 0.5) is 0 Å². The van der Waals surface area contributed by atoms with Crippen molar-refractivity contribution >= 4 is 10.1 Å². The van der Waals surface area contributed by atoms with Gasteiger partial charge in [-0.3, -0.25) is 4.55 Å². The van der Waals surface area contributed by atoms with Crippen LogP contribution < -0.4 is 0 Å². The van der Waals surface area contributed by atoms with E-state index in [9.17, 15) is 8.42 Å². The summed E-state index contributed by atoms with van der Waals surface area (Å²) in [6.45, 7) is 3.39. The monoisotopic (exact) mass is 213 g/mol. The number of benzene rings is 1. The predicted octanol–water partition coefficient (Wildman–Crippen LogP) is 1.71. The quantitative estimate of drug-likeness (QED) is 0.775. The van der Waals surface area contributed by atoms with Gasteiger partial charge in [-0.25, -0.2) is 0 Å². The highest BCUT2D eigenvalue weighted by Crippen LogP contribution is 2.09. The molecule has 0 bridgehead atoms. The molecule has 0 saturated heterocycles. The maximum Gasteiger partial charge on any atom is 0.267 e. The molecule has 1 atom stereocenters. The van der Waals surface area contributed by atoms with E-state index in [1.807, 2.05) is 30.3 Å². The lowest BCUT2D eigenvalue weighted by atomic mass is 10.1. The summed E-state index contributed by atoms with van der Waals surface area (Å²) in [4.78, 5) is 0. The average molecular weight is 213 g/mol. The zero-order valence-electron chi connectivity index (χ0n) is 7.76. The molecule has 0 aliphatic heterocycles. The number of hydrogen-bond acceptors (Lipinski definition) is 2. The first-order valence-electron chi connectivity index (χ1n) is 4.33. The standard InChI is InChI=1S/C10H13O3S/c1-9(14(11,12)13)7-8-10-5-3-2-4-6-10/h2-6,9H,1,7-8H2,(H,11,12,13). The Balaban J connectivity index is 2.50. The summed E-state index contributed by atoms with van der Waals surface area (Å²) in [5.74, 6) is 0. The van der Waals surface area contributed by atoms with Crippen molar-refractivity contribution in [2.75, 3.05) is 0 Å². The summed E-state index contributed by atoms with van der Waals surface area (Å²) >= 11 is 0. The molecule has 1 aromatic carbocycles. The minimum atomic E-state index is -3.98. The minimum absolute atomic E-state index is 0.336. The molecule has 0 fully saturated rings. The molecule has 77 valence electrons. The topological polar surface area (TPSA) is 54.4 Å². The molecular formula is C10H13O3S. The van der Waals surface area contributed by atoms with E-state index >= 15 is 0 Å². The third-order valence-corrected chi connectivity index (χ3v) is 3.10. The van der Waals surface area contributed by atoms with Gasteiger partial charge in [-0.2, -0.15) is 8.42 Å². The van der Waals surface area contributed by atoms with Crippen LogP contribution in [0.2, 0.25) is 0 Å². The number of rotatable bonds is 4. The average Bonchev–Trinajstić information content (AvgIpc) is 2.14. The Morgan fingerprint density at radius 1 is 1.29 bits per heavy atom. The van der Waals surface area contributed by atoms with Gasteiger partial charge in [0.05, 0.1) is 5.25 Å². The van der Waals surface area contributed by atoms with Crippen LogP contribution in [0.5, 0.6) is 0 Å². The smallest absolute Gasteiger partial charge is 0.267 e. The van der Waals surface area contributed by atoms with Crippen molar-refractivity contribution in [2.45, 2.75) is 18.1 Å². The molecule has 0 heterocycles. The molecule has 0 aliphatic carbocycles. The minimum Gasteiger partial charge on any atom is -0.285 e. The largest absolute Gasteiger partial charge is 0.285 e. The van der Waals surface area contributed by atoms with E-state index in [0.717, 1.165) is 5.56 Å². The van der Waals surface area contributed by atoms with Crippen molar-refractivity contribution < 1.29 is 13.0 Å². The zero-order valence-corrected chi connectivity index (χ0v) is 8.57. The molecule has 4 heteroatoms. The summed E-state index contributed by atoms with van der Waals surface area (Å²) in [5.41, 5.74) is 1.05. The Bertz CT molecular complexity index is 370. The van der Waals surface area contributed by atoms with E-state index in [0.29, 0.717) is 12.8 Å². The van der Waals surface area contributed by atoms with Gasteiger partial charge < -0.3 is 0 Å². The maximum atomic E-state index is 10.6. The Hall–Kier alpha value is -0.870. The Morgan fingerprint density at radius 2 is 1.86 bits per heavy atom. The van der Waals surface area contributed by atoms with Crippen LogP contribution in [0.3, 0.4) is 0 Å². The third-order valence-electron chi connectivity index (χ3n) is 2.02. The van der Waals surface area contributed by atoms with Crippen LogP contribution in [0.25, 0.3) is 0 Å².